The molecular formula is C19H27NO5. The topological polar surface area (TPSA) is 92.7 Å². The highest BCUT2D eigenvalue weighted by Gasteiger charge is 2.20. The zero-order valence-corrected chi connectivity index (χ0v) is 14.9. The molecule has 0 saturated carbocycles. The first-order valence-corrected chi connectivity index (χ1v) is 8.76. The lowest BCUT2D eigenvalue weighted by Gasteiger charge is -2.15. The van der Waals surface area contributed by atoms with Gasteiger partial charge < -0.3 is 15.2 Å². The second-order valence-electron chi connectivity index (χ2n) is 6.04. The SMILES string of the molecule is CCCCCCCC[C@@H](NC(=O)c1cccc(OC(C)=O)c1)C(=O)O. The number of carbonyl (C=O) groups is 3. The summed E-state index contributed by atoms with van der Waals surface area (Å²) in [7, 11) is 0. The molecule has 25 heavy (non-hydrogen) atoms. The molecule has 2 N–H and O–H groups in total. The lowest BCUT2D eigenvalue weighted by atomic mass is 10.1. The number of nitrogens with one attached hydrogen (secondary N) is 1. The van der Waals surface area contributed by atoms with Gasteiger partial charge in [-0.2, -0.15) is 0 Å². The van der Waals surface area contributed by atoms with Crippen molar-refractivity contribution in [3.63, 3.8) is 0 Å². The van der Waals surface area contributed by atoms with Crippen molar-refractivity contribution in [2.75, 3.05) is 0 Å². The number of ether oxygens (including phenoxy) is 1. The molecule has 0 aliphatic carbocycles. The van der Waals surface area contributed by atoms with Gasteiger partial charge in [-0.15, -0.1) is 0 Å². The maximum absolute atomic E-state index is 12.3. The summed E-state index contributed by atoms with van der Waals surface area (Å²) >= 11 is 0. The highest BCUT2D eigenvalue weighted by atomic mass is 16.5. The lowest BCUT2D eigenvalue weighted by molar-refractivity contribution is -0.139. The van der Waals surface area contributed by atoms with E-state index in [1.54, 1.807) is 18.2 Å². The number of benzene rings is 1. The standard InChI is InChI=1S/C19H27NO5/c1-3-4-5-6-7-8-12-17(19(23)24)20-18(22)15-10-9-11-16(13-15)25-14(2)21/h9-11,13,17H,3-8,12H2,1-2H3,(H,20,22)(H,23,24)/t17-/m1/s1. The number of esters is 1. The Morgan fingerprint density at radius 3 is 2.44 bits per heavy atom. The number of hydrogen-bond donors (Lipinski definition) is 2. The molecule has 138 valence electrons. The molecule has 1 amide bonds. The van der Waals surface area contributed by atoms with Crippen molar-refractivity contribution in [2.24, 2.45) is 0 Å². The number of hydrogen-bond acceptors (Lipinski definition) is 4. The highest BCUT2D eigenvalue weighted by molar-refractivity contribution is 5.97. The summed E-state index contributed by atoms with van der Waals surface area (Å²) in [6.07, 6.45) is 6.72. The van der Waals surface area contributed by atoms with Gasteiger partial charge in [-0.1, -0.05) is 51.5 Å². The van der Waals surface area contributed by atoms with Gasteiger partial charge in [0, 0.05) is 12.5 Å². The number of amides is 1. The zero-order chi connectivity index (χ0) is 18.7. The Kier molecular flexibility index (Phi) is 9.29. The van der Waals surface area contributed by atoms with Crippen LogP contribution in [0.4, 0.5) is 0 Å². The van der Waals surface area contributed by atoms with Crippen LogP contribution in [0.1, 0.15) is 69.2 Å². The molecule has 0 unspecified atom stereocenters. The largest absolute Gasteiger partial charge is 0.480 e. The highest BCUT2D eigenvalue weighted by Crippen LogP contribution is 2.14. The van der Waals surface area contributed by atoms with Gasteiger partial charge in [0.1, 0.15) is 11.8 Å². The third-order valence-electron chi connectivity index (χ3n) is 3.81. The van der Waals surface area contributed by atoms with Crippen molar-refractivity contribution < 1.29 is 24.2 Å². The molecule has 0 heterocycles. The van der Waals surface area contributed by atoms with Crippen LogP contribution in [0.15, 0.2) is 24.3 Å². The molecule has 1 rings (SSSR count). The summed E-state index contributed by atoms with van der Waals surface area (Å²) in [4.78, 5) is 34.6. The number of unbranched alkanes of at least 4 members (excludes halogenated alkanes) is 5. The van der Waals surface area contributed by atoms with Gasteiger partial charge in [0.15, 0.2) is 0 Å². The minimum atomic E-state index is -1.04. The Morgan fingerprint density at radius 2 is 1.80 bits per heavy atom. The fourth-order valence-corrected chi connectivity index (χ4v) is 2.49. The Balaban J connectivity index is 2.55. The summed E-state index contributed by atoms with van der Waals surface area (Å²) in [6.45, 7) is 3.42. The normalized spacial score (nSPS) is 11.6. The third kappa shape index (κ3) is 8.33. The van der Waals surface area contributed by atoms with Crippen LogP contribution >= 0.6 is 0 Å². The number of aliphatic carboxylic acids is 1. The summed E-state index contributed by atoms with van der Waals surface area (Å²) in [5.41, 5.74) is 0.257. The Morgan fingerprint density at radius 1 is 1.12 bits per heavy atom. The van der Waals surface area contributed by atoms with Crippen LogP contribution in [0.25, 0.3) is 0 Å². The molecule has 0 aromatic heterocycles. The number of carboxylic acids is 1. The molecule has 0 aliphatic rings. The van der Waals surface area contributed by atoms with Crippen LogP contribution in [-0.2, 0) is 9.59 Å². The molecular weight excluding hydrogens is 322 g/mol. The van der Waals surface area contributed by atoms with E-state index in [1.807, 2.05) is 0 Å². The van der Waals surface area contributed by atoms with Crippen molar-refractivity contribution in [3.8, 4) is 5.75 Å². The molecule has 1 aromatic carbocycles. The fraction of sp³-hybridized carbons (Fsp3) is 0.526. The average molecular weight is 349 g/mol. The summed E-state index contributed by atoms with van der Waals surface area (Å²) in [5, 5.41) is 11.8. The van der Waals surface area contributed by atoms with Gasteiger partial charge in [-0.3, -0.25) is 9.59 Å². The van der Waals surface area contributed by atoms with Gasteiger partial charge in [0.25, 0.3) is 5.91 Å². The molecule has 1 aromatic rings. The predicted octanol–water partition coefficient (Wildman–Crippen LogP) is 3.55. The van der Waals surface area contributed by atoms with Gasteiger partial charge in [-0.05, 0) is 24.6 Å². The summed E-state index contributed by atoms with van der Waals surface area (Å²) < 4.78 is 4.93. The molecule has 1 atom stereocenters. The first-order valence-electron chi connectivity index (χ1n) is 8.76. The van der Waals surface area contributed by atoms with E-state index in [1.165, 1.54) is 25.8 Å². The summed E-state index contributed by atoms with van der Waals surface area (Å²) in [5.74, 6) is -1.77. The molecule has 6 heteroatoms. The van der Waals surface area contributed by atoms with Crippen LogP contribution in [0.3, 0.4) is 0 Å². The van der Waals surface area contributed by atoms with Crippen molar-refractivity contribution >= 4 is 17.8 Å². The average Bonchev–Trinajstić information content (AvgIpc) is 2.56. The minimum absolute atomic E-state index is 0.253. The zero-order valence-electron chi connectivity index (χ0n) is 14.9. The third-order valence-corrected chi connectivity index (χ3v) is 3.81. The van der Waals surface area contributed by atoms with E-state index in [0.717, 1.165) is 25.7 Å². The first kappa shape index (κ1) is 20.7. The van der Waals surface area contributed by atoms with Crippen LogP contribution in [0.5, 0.6) is 5.75 Å². The van der Waals surface area contributed by atoms with E-state index >= 15 is 0 Å². The van der Waals surface area contributed by atoms with E-state index in [4.69, 9.17) is 4.74 Å². The van der Waals surface area contributed by atoms with Gasteiger partial charge in [0.05, 0.1) is 0 Å². The van der Waals surface area contributed by atoms with Crippen LogP contribution < -0.4 is 10.1 Å². The molecule has 0 fully saturated rings. The van der Waals surface area contributed by atoms with Crippen LogP contribution in [0, 0.1) is 0 Å². The number of carbonyl (C=O) groups excluding carboxylic acids is 2. The van der Waals surface area contributed by atoms with Crippen LogP contribution in [-0.4, -0.2) is 29.0 Å². The smallest absolute Gasteiger partial charge is 0.326 e. The van der Waals surface area contributed by atoms with Crippen LogP contribution in [0.2, 0.25) is 0 Å². The first-order chi connectivity index (χ1) is 11.9. The van der Waals surface area contributed by atoms with E-state index in [2.05, 4.69) is 12.2 Å². The maximum Gasteiger partial charge on any atom is 0.326 e. The predicted molar refractivity (Wildman–Crippen MR) is 94.6 cm³/mol. The summed E-state index contributed by atoms with van der Waals surface area (Å²) in [6, 6.07) is 5.18. The van der Waals surface area contributed by atoms with Crippen molar-refractivity contribution in [2.45, 2.75) is 64.8 Å². The minimum Gasteiger partial charge on any atom is -0.480 e. The van der Waals surface area contributed by atoms with E-state index in [0.29, 0.717) is 6.42 Å². The lowest BCUT2D eigenvalue weighted by Crippen LogP contribution is -2.40. The van der Waals surface area contributed by atoms with Gasteiger partial charge in [-0.25, -0.2) is 4.79 Å². The van der Waals surface area contributed by atoms with Gasteiger partial charge in [0.2, 0.25) is 0 Å². The van der Waals surface area contributed by atoms with E-state index < -0.39 is 23.9 Å². The molecule has 0 radical (unpaired) electrons. The van der Waals surface area contributed by atoms with E-state index in [-0.39, 0.29) is 11.3 Å². The quantitative estimate of drug-likeness (QED) is 0.362. The Hall–Kier alpha value is -2.37. The second kappa shape index (κ2) is 11.2. The van der Waals surface area contributed by atoms with Crippen molar-refractivity contribution in [1.82, 2.24) is 5.32 Å². The molecule has 0 spiro atoms. The molecule has 6 nitrogen and oxygen atoms in total. The Bertz CT molecular complexity index is 585. The van der Waals surface area contributed by atoms with Crippen molar-refractivity contribution in [1.29, 1.82) is 0 Å². The number of carboxylic acid groups (broad SMARTS) is 1. The molecule has 0 aliphatic heterocycles. The van der Waals surface area contributed by atoms with Gasteiger partial charge >= 0.3 is 11.9 Å². The Labute approximate surface area is 148 Å². The maximum atomic E-state index is 12.3. The monoisotopic (exact) mass is 349 g/mol. The fourth-order valence-electron chi connectivity index (χ4n) is 2.49. The molecule has 0 saturated heterocycles. The van der Waals surface area contributed by atoms with E-state index in [9.17, 15) is 19.5 Å². The van der Waals surface area contributed by atoms with Crippen molar-refractivity contribution in [3.05, 3.63) is 29.8 Å². The second-order valence-corrected chi connectivity index (χ2v) is 6.04. The number of rotatable bonds is 11. The molecule has 0 bridgehead atoms.